The van der Waals surface area contributed by atoms with E-state index in [1.165, 1.54) is 49.3 Å². The molecule has 1 saturated heterocycles. The fraction of sp³-hybridized carbons (Fsp3) is 0.500. The Bertz CT molecular complexity index is 689. The molecule has 2 N–H and O–H groups in total. The zero-order valence-corrected chi connectivity index (χ0v) is 18.2. The van der Waals surface area contributed by atoms with Gasteiger partial charge in [0.15, 0.2) is 5.11 Å². The molecule has 3 nitrogen and oxygen atoms in total. The highest BCUT2D eigenvalue weighted by molar-refractivity contribution is 7.80. The molecule has 1 aromatic carbocycles. The topological polar surface area (TPSA) is 19.7 Å². The van der Waals surface area contributed by atoms with Gasteiger partial charge in [0.25, 0.3) is 0 Å². The molecule has 0 atom stereocenters. The number of nitrogens with one attached hydrogen (secondary N) is 2. The van der Waals surface area contributed by atoms with Gasteiger partial charge in [-0.05, 0) is 61.5 Å². The number of hydrogen-bond donors (Lipinski definition) is 2. The first-order valence-corrected chi connectivity index (χ1v) is 11.4. The van der Waals surface area contributed by atoms with Crippen LogP contribution in [0, 0.1) is 12.8 Å². The molecule has 0 radical (unpaired) electrons. The van der Waals surface area contributed by atoms with Crippen LogP contribution in [0.5, 0.6) is 0 Å². The number of hydrogen-bond acceptors (Lipinski definition) is 2. The lowest BCUT2D eigenvalue weighted by Gasteiger charge is -2.29. The quantitative estimate of drug-likeness (QED) is 0.684. The first-order valence-electron chi connectivity index (χ1n) is 10.1. The van der Waals surface area contributed by atoms with Crippen LogP contribution in [0.25, 0.3) is 0 Å². The summed E-state index contributed by atoms with van der Waals surface area (Å²) in [5, 5.41) is 6.40. The predicted molar refractivity (Wildman–Crippen MR) is 121 cm³/mol. The standard InChI is InChI=1S/C22H31N3S2/c1-18-6-8-20(9-7-18)23-22(26)25(17-21-5-3-16-27-21)13-4-12-24-14-10-19(2)11-15-24/h3,5-9,16,19H,4,10-15,17H2,1-2H3,(H,23,26)/p+1. The number of nitrogens with zero attached hydrogens (tertiary/aromatic N) is 1. The van der Waals surface area contributed by atoms with Crippen molar-refractivity contribution in [1.82, 2.24) is 4.90 Å². The Morgan fingerprint density at radius 1 is 1.22 bits per heavy atom. The molecule has 27 heavy (non-hydrogen) atoms. The summed E-state index contributed by atoms with van der Waals surface area (Å²) in [6.45, 7) is 10.3. The zero-order valence-electron chi connectivity index (χ0n) is 16.5. The number of piperidine rings is 1. The average molecular weight is 403 g/mol. The van der Waals surface area contributed by atoms with E-state index in [9.17, 15) is 0 Å². The van der Waals surface area contributed by atoms with Crippen LogP contribution in [-0.2, 0) is 6.54 Å². The third-order valence-corrected chi connectivity index (χ3v) is 6.68. The molecule has 1 aliphatic rings. The first kappa shape index (κ1) is 20.3. The van der Waals surface area contributed by atoms with Gasteiger partial charge in [-0.1, -0.05) is 30.7 Å². The molecule has 146 valence electrons. The van der Waals surface area contributed by atoms with E-state index in [1.54, 1.807) is 16.2 Å². The second kappa shape index (κ2) is 10.2. The smallest absolute Gasteiger partial charge is 0.173 e. The molecule has 0 unspecified atom stereocenters. The Hall–Kier alpha value is -1.43. The number of thiophene rings is 1. The van der Waals surface area contributed by atoms with Crippen LogP contribution in [0.3, 0.4) is 0 Å². The van der Waals surface area contributed by atoms with Crippen LogP contribution in [0.15, 0.2) is 41.8 Å². The minimum absolute atomic E-state index is 0.828. The van der Waals surface area contributed by atoms with Crippen molar-refractivity contribution in [2.24, 2.45) is 5.92 Å². The Kier molecular flexibility index (Phi) is 7.68. The van der Waals surface area contributed by atoms with Crippen LogP contribution in [0.2, 0.25) is 0 Å². The van der Waals surface area contributed by atoms with Crippen molar-refractivity contribution < 1.29 is 4.90 Å². The van der Waals surface area contributed by atoms with E-state index >= 15 is 0 Å². The lowest BCUT2D eigenvalue weighted by atomic mass is 9.99. The Labute approximate surface area is 173 Å². The lowest BCUT2D eigenvalue weighted by molar-refractivity contribution is -0.906. The van der Waals surface area contributed by atoms with Crippen LogP contribution in [-0.4, -0.2) is 36.2 Å². The Morgan fingerprint density at radius 3 is 2.63 bits per heavy atom. The van der Waals surface area contributed by atoms with E-state index in [2.05, 4.69) is 65.8 Å². The molecule has 0 bridgehead atoms. The lowest BCUT2D eigenvalue weighted by Crippen LogP contribution is -3.13. The molecule has 0 saturated carbocycles. The van der Waals surface area contributed by atoms with Crippen LogP contribution >= 0.6 is 23.6 Å². The number of likely N-dealkylation sites (tertiary alicyclic amines) is 1. The van der Waals surface area contributed by atoms with Crippen molar-refractivity contribution in [3.63, 3.8) is 0 Å². The van der Waals surface area contributed by atoms with Gasteiger partial charge in [0.1, 0.15) is 0 Å². The summed E-state index contributed by atoms with van der Waals surface area (Å²) < 4.78 is 0. The van der Waals surface area contributed by atoms with Crippen molar-refractivity contribution in [3.8, 4) is 0 Å². The van der Waals surface area contributed by atoms with Crippen LogP contribution < -0.4 is 10.2 Å². The second-order valence-corrected chi connectivity index (χ2v) is 9.25. The molecule has 3 rings (SSSR count). The third kappa shape index (κ3) is 6.59. The molecule has 1 aliphatic heterocycles. The third-order valence-electron chi connectivity index (χ3n) is 5.46. The number of quaternary nitrogens is 1. The maximum Gasteiger partial charge on any atom is 0.173 e. The van der Waals surface area contributed by atoms with Crippen molar-refractivity contribution in [2.75, 3.05) is 31.5 Å². The SMILES string of the molecule is Cc1ccc(NC(=S)N(CCC[NH+]2CCC(C)CC2)Cc2cccs2)cc1. The summed E-state index contributed by atoms with van der Waals surface area (Å²) in [7, 11) is 0. The van der Waals surface area contributed by atoms with E-state index in [-0.39, 0.29) is 0 Å². The fourth-order valence-corrected chi connectivity index (χ4v) is 4.62. The second-order valence-electron chi connectivity index (χ2n) is 7.83. The zero-order chi connectivity index (χ0) is 19.1. The van der Waals surface area contributed by atoms with Gasteiger partial charge in [0, 0.05) is 23.5 Å². The average Bonchev–Trinajstić information content (AvgIpc) is 3.17. The number of thiocarbonyl (C=S) groups is 1. The van der Waals surface area contributed by atoms with Gasteiger partial charge in [-0.3, -0.25) is 0 Å². The monoisotopic (exact) mass is 402 g/mol. The summed E-state index contributed by atoms with van der Waals surface area (Å²) in [6.07, 6.45) is 3.94. The van der Waals surface area contributed by atoms with Gasteiger partial charge in [-0.25, -0.2) is 0 Å². The summed E-state index contributed by atoms with van der Waals surface area (Å²) in [5.41, 5.74) is 2.33. The van der Waals surface area contributed by atoms with Gasteiger partial charge < -0.3 is 15.1 Å². The van der Waals surface area contributed by atoms with E-state index in [0.717, 1.165) is 29.8 Å². The van der Waals surface area contributed by atoms with E-state index < -0.39 is 0 Å². The molecule has 0 amide bonds. The van der Waals surface area contributed by atoms with Gasteiger partial charge in [-0.2, -0.15) is 0 Å². The van der Waals surface area contributed by atoms with E-state index in [1.807, 2.05) is 0 Å². The maximum absolute atomic E-state index is 5.76. The summed E-state index contributed by atoms with van der Waals surface area (Å²) in [4.78, 5) is 5.45. The molecule has 5 heteroatoms. The molecule has 2 aromatic rings. The fourth-order valence-electron chi connectivity index (χ4n) is 3.62. The van der Waals surface area contributed by atoms with E-state index in [0.29, 0.717) is 0 Å². The number of anilines is 1. The molecule has 0 spiro atoms. The van der Waals surface area contributed by atoms with Gasteiger partial charge in [0.05, 0.1) is 26.2 Å². The predicted octanol–water partition coefficient (Wildman–Crippen LogP) is 3.96. The molecule has 2 heterocycles. The highest BCUT2D eigenvalue weighted by atomic mass is 32.1. The molecule has 1 fully saturated rings. The van der Waals surface area contributed by atoms with Gasteiger partial charge in [-0.15, -0.1) is 11.3 Å². The number of benzene rings is 1. The molecule has 1 aromatic heterocycles. The number of aryl methyl sites for hydroxylation is 1. The molecule has 0 aliphatic carbocycles. The van der Waals surface area contributed by atoms with Crippen LogP contribution in [0.4, 0.5) is 5.69 Å². The normalized spacial score (nSPS) is 19.6. The minimum atomic E-state index is 0.828. The largest absolute Gasteiger partial charge is 0.344 e. The Balaban J connectivity index is 1.54. The summed E-state index contributed by atoms with van der Waals surface area (Å²) in [6, 6.07) is 12.8. The highest BCUT2D eigenvalue weighted by Gasteiger charge is 2.19. The minimum Gasteiger partial charge on any atom is -0.344 e. The van der Waals surface area contributed by atoms with Gasteiger partial charge >= 0.3 is 0 Å². The Morgan fingerprint density at radius 2 is 1.96 bits per heavy atom. The highest BCUT2D eigenvalue weighted by Crippen LogP contribution is 2.15. The number of rotatable bonds is 7. The molecular weight excluding hydrogens is 370 g/mol. The van der Waals surface area contributed by atoms with Crippen molar-refractivity contribution in [3.05, 3.63) is 52.2 Å². The van der Waals surface area contributed by atoms with Crippen molar-refractivity contribution >= 4 is 34.4 Å². The van der Waals surface area contributed by atoms with E-state index in [4.69, 9.17) is 12.2 Å². The summed E-state index contributed by atoms with van der Waals surface area (Å²) in [5.74, 6) is 0.912. The van der Waals surface area contributed by atoms with Crippen molar-refractivity contribution in [1.29, 1.82) is 0 Å². The van der Waals surface area contributed by atoms with Crippen LogP contribution in [0.1, 0.15) is 36.6 Å². The summed E-state index contributed by atoms with van der Waals surface area (Å²) >= 11 is 7.57. The maximum atomic E-state index is 5.76. The molecular formula is C22H32N3S2+. The van der Waals surface area contributed by atoms with Crippen molar-refractivity contribution in [2.45, 2.75) is 39.7 Å². The first-order chi connectivity index (χ1) is 13.1. The van der Waals surface area contributed by atoms with Gasteiger partial charge in [0.2, 0.25) is 0 Å².